The molecule has 6 heteroatoms. The summed E-state index contributed by atoms with van der Waals surface area (Å²) < 4.78 is 5.57. The number of carbonyl (C=O) groups excluding carboxylic acids is 1. The lowest BCUT2D eigenvalue weighted by Crippen LogP contribution is -2.46. The van der Waals surface area contributed by atoms with Crippen LogP contribution in [0.15, 0.2) is 4.99 Å². The van der Waals surface area contributed by atoms with Gasteiger partial charge < -0.3 is 20.7 Å². The molecule has 0 heterocycles. The molecule has 0 spiro atoms. The van der Waals surface area contributed by atoms with E-state index in [-0.39, 0.29) is 11.3 Å². The molecule has 1 saturated carbocycles. The molecule has 3 N–H and O–H groups in total. The zero-order valence-electron chi connectivity index (χ0n) is 16.8. The highest BCUT2D eigenvalue weighted by Crippen LogP contribution is 2.40. The Labute approximate surface area is 153 Å². The lowest BCUT2D eigenvalue weighted by molar-refractivity contribution is -0.128. The number of nitrogens with one attached hydrogen (secondary N) is 3. The minimum absolute atomic E-state index is 0.0677. The summed E-state index contributed by atoms with van der Waals surface area (Å²) in [5.41, 5.74) is -0.0252. The second-order valence-corrected chi connectivity index (χ2v) is 8.01. The summed E-state index contributed by atoms with van der Waals surface area (Å²) in [7, 11) is 1.78. The Morgan fingerprint density at radius 3 is 2.32 bits per heavy atom. The molecule has 1 amide bonds. The maximum absolute atomic E-state index is 11.8. The van der Waals surface area contributed by atoms with Crippen LogP contribution in [0.3, 0.4) is 0 Å². The van der Waals surface area contributed by atoms with Crippen LogP contribution in [0.4, 0.5) is 0 Å². The van der Waals surface area contributed by atoms with E-state index in [0.29, 0.717) is 18.5 Å². The van der Waals surface area contributed by atoms with Crippen molar-refractivity contribution in [2.24, 2.45) is 15.8 Å². The Balaban J connectivity index is 2.33. The van der Waals surface area contributed by atoms with Crippen molar-refractivity contribution < 1.29 is 9.53 Å². The molecular weight excluding hydrogens is 316 g/mol. The number of hydrogen-bond donors (Lipinski definition) is 3. The molecule has 1 aliphatic carbocycles. The fourth-order valence-corrected chi connectivity index (χ4v) is 3.19. The van der Waals surface area contributed by atoms with Crippen LogP contribution >= 0.6 is 0 Å². The first kappa shape index (κ1) is 21.7. The van der Waals surface area contributed by atoms with E-state index >= 15 is 0 Å². The van der Waals surface area contributed by atoms with Crippen molar-refractivity contribution in [3.8, 4) is 0 Å². The lowest BCUT2D eigenvalue weighted by Gasteiger charge is -2.30. The molecule has 1 rings (SSSR count). The van der Waals surface area contributed by atoms with E-state index < -0.39 is 0 Å². The number of nitrogens with zero attached hydrogens (tertiary/aromatic N) is 1. The molecule has 0 saturated heterocycles. The van der Waals surface area contributed by atoms with Crippen molar-refractivity contribution in [2.75, 3.05) is 39.9 Å². The number of carbonyl (C=O) groups is 1. The standard InChI is InChI=1S/C19H38N4O2/c1-6-25-14-11-19(9-7-8-10-19)15-23-17(20-5)22-13-12-21-16(24)18(2,3)4/h6-15H2,1-5H3,(H,21,24)(H2,20,22,23). The third kappa shape index (κ3) is 8.08. The van der Waals surface area contributed by atoms with Crippen molar-refractivity contribution in [3.63, 3.8) is 0 Å². The highest BCUT2D eigenvalue weighted by Gasteiger charge is 2.33. The molecule has 1 fully saturated rings. The second kappa shape index (κ2) is 10.6. The summed E-state index contributed by atoms with van der Waals surface area (Å²) in [5, 5.41) is 9.69. The van der Waals surface area contributed by atoms with Gasteiger partial charge >= 0.3 is 0 Å². The fourth-order valence-electron chi connectivity index (χ4n) is 3.19. The van der Waals surface area contributed by atoms with Gasteiger partial charge in [0.25, 0.3) is 0 Å². The van der Waals surface area contributed by atoms with Gasteiger partial charge in [-0.3, -0.25) is 9.79 Å². The summed E-state index contributed by atoms with van der Waals surface area (Å²) >= 11 is 0. The van der Waals surface area contributed by atoms with E-state index in [9.17, 15) is 4.79 Å². The topological polar surface area (TPSA) is 74.8 Å². The SMILES string of the molecule is CCOCCC1(CNC(=NC)NCCNC(=O)C(C)(C)C)CCCC1. The summed E-state index contributed by atoms with van der Waals surface area (Å²) in [4.78, 5) is 16.1. The summed E-state index contributed by atoms with van der Waals surface area (Å²) in [6.07, 6.45) is 6.22. The van der Waals surface area contributed by atoms with E-state index in [1.54, 1.807) is 7.05 Å². The smallest absolute Gasteiger partial charge is 0.225 e. The van der Waals surface area contributed by atoms with Gasteiger partial charge in [-0.1, -0.05) is 33.6 Å². The van der Waals surface area contributed by atoms with E-state index in [0.717, 1.165) is 32.1 Å². The summed E-state index contributed by atoms with van der Waals surface area (Å²) in [6.45, 7) is 11.6. The maximum atomic E-state index is 11.8. The predicted molar refractivity (Wildman–Crippen MR) is 104 cm³/mol. The van der Waals surface area contributed by atoms with Crippen molar-refractivity contribution in [1.82, 2.24) is 16.0 Å². The van der Waals surface area contributed by atoms with Gasteiger partial charge in [0, 0.05) is 45.3 Å². The van der Waals surface area contributed by atoms with Gasteiger partial charge in [0.2, 0.25) is 5.91 Å². The summed E-state index contributed by atoms with van der Waals surface area (Å²) in [5.74, 6) is 0.866. The normalized spacial score (nSPS) is 17.4. The first-order valence-electron chi connectivity index (χ1n) is 9.63. The van der Waals surface area contributed by atoms with E-state index in [1.165, 1.54) is 25.7 Å². The molecule has 0 radical (unpaired) electrons. The lowest BCUT2D eigenvalue weighted by atomic mass is 9.83. The Morgan fingerprint density at radius 2 is 1.76 bits per heavy atom. The molecule has 146 valence electrons. The highest BCUT2D eigenvalue weighted by atomic mass is 16.5. The third-order valence-electron chi connectivity index (χ3n) is 4.88. The minimum atomic E-state index is -0.352. The van der Waals surface area contributed by atoms with E-state index in [1.807, 2.05) is 27.7 Å². The summed E-state index contributed by atoms with van der Waals surface area (Å²) in [6, 6.07) is 0. The zero-order chi connectivity index (χ0) is 18.8. The Kier molecular flexibility index (Phi) is 9.25. The van der Waals surface area contributed by atoms with Gasteiger partial charge in [-0.05, 0) is 31.6 Å². The highest BCUT2D eigenvalue weighted by molar-refractivity contribution is 5.81. The third-order valence-corrected chi connectivity index (χ3v) is 4.88. The molecule has 0 aromatic heterocycles. The van der Waals surface area contributed by atoms with Gasteiger partial charge in [-0.15, -0.1) is 0 Å². The van der Waals surface area contributed by atoms with Crippen molar-refractivity contribution in [1.29, 1.82) is 0 Å². The second-order valence-electron chi connectivity index (χ2n) is 8.01. The molecule has 0 bridgehead atoms. The van der Waals surface area contributed by atoms with Gasteiger partial charge in [0.1, 0.15) is 0 Å². The number of aliphatic imine (C=N–C) groups is 1. The van der Waals surface area contributed by atoms with Crippen molar-refractivity contribution in [3.05, 3.63) is 0 Å². The van der Waals surface area contributed by atoms with Gasteiger partial charge in [0.15, 0.2) is 5.96 Å². The Hall–Kier alpha value is -1.30. The van der Waals surface area contributed by atoms with Crippen LogP contribution < -0.4 is 16.0 Å². The first-order valence-corrected chi connectivity index (χ1v) is 9.63. The molecule has 0 aromatic rings. The average Bonchev–Trinajstić information content (AvgIpc) is 3.02. The first-order chi connectivity index (χ1) is 11.8. The average molecular weight is 355 g/mol. The van der Waals surface area contributed by atoms with Crippen LogP contribution in [0.1, 0.15) is 59.8 Å². The largest absolute Gasteiger partial charge is 0.382 e. The van der Waals surface area contributed by atoms with Gasteiger partial charge in [-0.2, -0.15) is 0 Å². The fraction of sp³-hybridized carbons (Fsp3) is 0.895. The minimum Gasteiger partial charge on any atom is -0.382 e. The predicted octanol–water partition coefficient (Wildman–Crippen LogP) is 2.30. The number of rotatable bonds is 9. The number of hydrogen-bond acceptors (Lipinski definition) is 3. The van der Waals surface area contributed by atoms with Crippen LogP contribution in [-0.4, -0.2) is 51.8 Å². The van der Waals surface area contributed by atoms with Crippen LogP contribution in [0.2, 0.25) is 0 Å². The van der Waals surface area contributed by atoms with Gasteiger partial charge in [-0.25, -0.2) is 0 Å². The quantitative estimate of drug-likeness (QED) is 0.337. The van der Waals surface area contributed by atoms with Crippen LogP contribution in [0, 0.1) is 10.8 Å². The number of amides is 1. The Bertz CT molecular complexity index is 424. The monoisotopic (exact) mass is 354 g/mol. The van der Waals surface area contributed by atoms with Gasteiger partial charge in [0.05, 0.1) is 0 Å². The molecule has 0 unspecified atom stereocenters. The molecule has 1 aliphatic rings. The zero-order valence-corrected chi connectivity index (χ0v) is 16.8. The van der Waals surface area contributed by atoms with Crippen LogP contribution in [-0.2, 0) is 9.53 Å². The molecule has 0 atom stereocenters. The Morgan fingerprint density at radius 1 is 1.12 bits per heavy atom. The number of guanidine groups is 1. The maximum Gasteiger partial charge on any atom is 0.225 e. The number of ether oxygens (including phenoxy) is 1. The molecular formula is C19H38N4O2. The molecule has 0 aromatic carbocycles. The van der Waals surface area contributed by atoms with Crippen LogP contribution in [0.25, 0.3) is 0 Å². The van der Waals surface area contributed by atoms with E-state index in [4.69, 9.17) is 4.74 Å². The molecule has 0 aliphatic heterocycles. The van der Waals surface area contributed by atoms with Crippen molar-refractivity contribution >= 4 is 11.9 Å². The van der Waals surface area contributed by atoms with Crippen LogP contribution in [0.5, 0.6) is 0 Å². The molecule has 6 nitrogen and oxygen atoms in total. The molecule has 25 heavy (non-hydrogen) atoms. The van der Waals surface area contributed by atoms with Crippen molar-refractivity contribution in [2.45, 2.75) is 59.8 Å². The van der Waals surface area contributed by atoms with E-state index in [2.05, 4.69) is 20.9 Å².